The quantitative estimate of drug-likeness (QED) is 0.577. The Morgan fingerprint density at radius 1 is 1.10 bits per heavy atom. The van der Waals surface area contributed by atoms with E-state index in [-0.39, 0.29) is 18.2 Å². The van der Waals surface area contributed by atoms with Crippen molar-refractivity contribution in [2.45, 2.75) is 44.4 Å². The van der Waals surface area contributed by atoms with Crippen LogP contribution in [0.2, 0.25) is 0 Å². The van der Waals surface area contributed by atoms with Crippen LogP contribution in [0.4, 0.5) is 0 Å². The molecule has 1 aliphatic heterocycles. The Kier molecular flexibility index (Phi) is 5.86. The predicted molar refractivity (Wildman–Crippen MR) is 118 cm³/mol. The lowest BCUT2D eigenvalue weighted by atomic mass is 9.71. The molecule has 0 saturated carbocycles. The van der Waals surface area contributed by atoms with Gasteiger partial charge < -0.3 is 20.5 Å². The predicted octanol–water partition coefficient (Wildman–Crippen LogP) is 2.86. The Morgan fingerprint density at radius 3 is 2.23 bits per heavy atom. The highest BCUT2D eigenvalue weighted by Crippen LogP contribution is 2.47. The Morgan fingerprint density at radius 2 is 1.70 bits per heavy atom. The monoisotopic (exact) mass is 522 g/mol. The van der Waals surface area contributed by atoms with Gasteiger partial charge in [0.25, 0.3) is 5.91 Å². The molecule has 158 valence electrons. The van der Waals surface area contributed by atoms with E-state index < -0.39 is 11.8 Å². The Bertz CT molecular complexity index is 969. The van der Waals surface area contributed by atoms with Gasteiger partial charge >= 0.3 is 0 Å². The number of Topliss-reactive ketones (excluding diaryl/α,β-unsaturated/α-hetero) is 2. The summed E-state index contributed by atoms with van der Waals surface area (Å²) >= 11 is 2.11. The molecule has 1 amide bonds. The lowest BCUT2D eigenvalue weighted by Gasteiger charge is -2.37. The minimum absolute atomic E-state index is 0.0849. The topological polar surface area (TPSA) is 108 Å². The van der Waals surface area contributed by atoms with Crippen LogP contribution < -0.4 is 20.5 Å². The summed E-state index contributed by atoms with van der Waals surface area (Å²) in [4.78, 5) is 37.0. The fraction of sp³-hybridized carbons (Fsp3) is 0.409. The molecular formula is C22H23IN2O5. The molecule has 0 spiro atoms. The van der Waals surface area contributed by atoms with Crippen LogP contribution in [-0.2, 0) is 14.4 Å². The van der Waals surface area contributed by atoms with E-state index >= 15 is 0 Å². The van der Waals surface area contributed by atoms with Gasteiger partial charge in [0.2, 0.25) is 0 Å². The van der Waals surface area contributed by atoms with E-state index in [1.807, 2.05) is 6.07 Å². The first-order chi connectivity index (χ1) is 14.4. The zero-order valence-electron chi connectivity index (χ0n) is 16.7. The molecule has 0 aromatic heterocycles. The van der Waals surface area contributed by atoms with Crippen LogP contribution in [0.1, 0.15) is 50.0 Å². The molecule has 0 saturated heterocycles. The lowest BCUT2D eigenvalue weighted by Crippen LogP contribution is -2.36. The second kappa shape index (κ2) is 8.41. The molecular weight excluding hydrogens is 499 g/mol. The summed E-state index contributed by atoms with van der Waals surface area (Å²) in [5.41, 5.74) is 9.28. The molecule has 0 unspecified atom stereocenters. The van der Waals surface area contributed by atoms with Crippen molar-refractivity contribution in [3.05, 3.63) is 43.8 Å². The van der Waals surface area contributed by atoms with Crippen molar-refractivity contribution in [3.8, 4) is 11.5 Å². The standard InChI is InChI=1S/C22H23IN2O5/c1-29-17-9-11(8-12(23)22(17)30-10-18(24)28)19-20-13(4-2-6-15(20)26)25-14-5-3-7-16(27)21(14)19/h8-9,19,25H,2-7,10H2,1H3,(H2,24,28). The van der Waals surface area contributed by atoms with Gasteiger partial charge in [-0.2, -0.15) is 0 Å². The number of benzene rings is 1. The number of amides is 1. The van der Waals surface area contributed by atoms with Gasteiger partial charge in [-0.15, -0.1) is 0 Å². The van der Waals surface area contributed by atoms with Crippen LogP contribution in [-0.4, -0.2) is 31.2 Å². The average Bonchev–Trinajstić information content (AvgIpc) is 2.71. The van der Waals surface area contributed by atoms with Gasteiger partial charge in [-0.1, -0.05) is 0 Å². The number of nitrogens with two attached hydrogens (primary N) is 1. The van der Waals surface area contributed by atoms with E-state index in [1.54, 1.807) is 6.07 Å². The van der Waals surface area contributed by atoms with Crippen molar-refractivity contribution >= 4 is 40.1 Å². The number of primary amides is 1. The summed E-state index contributed by atoms with van der Waals surface area (Å²) in [6.45, 7) is -0.263. The van der Waals surface area contributed by atoms with Gasteiger partial charge in [-0.25, -0.2) is 0 Å². The molecule has 0 atom stereocenters. The number of nitrogens with one attached hydrogen (secondary N) is 1. The first-order valence-corrected chi connectivity index (χ1v) is 11.1. The normalized spacial score (nSPS) is 19.3. The molecule has 1 aromatic rings. The molecule has 4 rings (SSSR count). The van der Waals surface area contributed by atoms with Crippen molar-refractivity contribution < 1.29 is 23.9 Å². The van der Waals surface area contributed by atoms with E-state index in [1.165, 1.54) is 7.11 Å². The van der Waals surface area contributed by atoms with Gasteiger partial charge in [0, 0.05) is 41.3 Å². The summed E-state index contributed by atoms with van der Waals surface area (Å²) in [5, 5.41) is 3.41. The van der Waals surface area contributed by atoms with Gasteiger partial charge in [0.15, 0.2) is 29.7 Å². The third-order valence-corrected chi connectivity index (χ3v) is 6.54. The van der Waals surface area contributed by atoms with Crippen LogP contribution >= 0.6 is 22.6 Å². The first kappa shape index (κ1) is 20.9. The number of ether oxygens (including phenoxy) is 2. The molecule has 1 heterocycles. The van der Waals surface area contributed by atoms with Crippen LogP contribution in [0.5, 0.6) is 11.5 Å². The molecule has 8 heteroatoms. The largest absolute Gasteiger partial charge is 0.493 e. The van der Waals surface area contributed by atoms with Gasteiger partial charge in [0.05, 0.1) is 10.7 Å². The second-order valence-electron chi connectivity index (χ2n) is 7.69. The van der Waals surface area contributed by atoms with Gasteiger partial charge in [-0.3, -0.25) is 14.4 Å². The van der Waals surface area contributed by atoms with Crippen molar-refractivity contribution in [2.75, 3.05) is 13.7 Å². The van der Waals surface area contributed by atoms with E-state index in [9.17, 15) is 14.4 Å². The molecule has 1 aromatic carbocycles. The molecule has 3 N–H and O–H groups in total. The highest BCUT2D eigenvalue weighted by atomic mass is 127. The van der Waals surface area contributed by atoms with Crippen molar-refractivity contribution in [1.29, 1.82) is 0 Å². The molecule has 7 nitrogen and oxygen atoms in total. The number of ketones is 2. The minimum Gasteiger partial charge on any atom is -0.493 e. The van der Waals surface area contributed by atoms with Crippen LogP contribution in [0.3, 0.4) is 0 Å². The Balaban J connectivity index is 1.86. The van der Waals surface area contributed by atoms with E-state index in [4.69, 9.17) is 15.2 Å². The smallest absolute Gasteiger partial charge is 0.255 e. The number of halogens is 1. The number of methoxy groups -OCH3 is 1. The van der Waals surface area contributed by atoms with Crippen molar-refractivity contribution in [3.63, 3.8) is 0 Å². The third-order valence-electron chi connectivity index (χ3n) is 5.74. The van der Waals surface area contributed by atoms with Gasteiger partial charge in [-0.05, 0) is 66.0 Å². The number of dihydropyridines is 1. The molecule has 0 fully saturated rings. The zero-order valence-corrected chi connectivity index (χ0v) is 18.8. The summed E-state index contributed by atoms with van der Waals surface area (Å²) in [6.07, 6.45) is 4.21. The summed E-state index contributed by atoms with van der Waals surface area (Å²) in [5.74, 6) is 0.0313. The first-order valence-electron chi connectivity index (χ1n) is 9.98. The number of carbonyl (C=O) groups is 3. The maximum atomic E-state index is 12.9. The number of carbonyl (C=O) groups excluding carboxylic acids is 3. The second-order valence-corrected chi connectivity index (χ2v) is 8.85. The summed E-state index contributed by atoms with van der Waals surface area (Å²) in [7, 11) is 1.52. The summed E-state index contributed by atoms with van der Waals surface area (Å²) < 4.78 is 11.8. The Hall–Kier alpha value is -2.36. The number of allylic oxidation sites excluding steroid dienone is 4. The minimum atomic E-state index is -0.583. The van der Waals surface area contributed by atoms with E-state index in [0.717, 1.165) is 46.2 Å². The fourth-order valence-electron chi connectivity index (χ4n) is 4.51. The number of hydrogen-bond acceptors (Lipinski definition) is 6. The third kappa shape index (κ3) is 3.73. The lowest BCUT2D eigenvalue weighted by molar-refractivity contribution is -0.120. The molecule has 0 radical (unpaired) electrons. The number of rotatable bonds is 5. The molecule has 3 aliphatic rings. The zero-order chi connectivity index (χ0) is 21.4. The molecule has 30 heavy (non-hydrogen) atoms. The van der Waals surface area contributed by atoms with Crippen molar-refractivity contribution in [1.82, 2.24) is 5.32 Å². The molecule has 2 aliphatic carbocycles. The maximum absolute atomic E-state index is 12.9. The van der Waals surface area contributed by atoms with Crippen LogP contribution in [0, 0.1) is 3.57 Å². The van der Waals surface area contributed by atoms with E-state index in [0.29, 0.717) is 35.5 Å². The van der Waals surface area contributed by atoms with E-state index in [2.05, 4.69) is 27.9 Å². The average molecular weight is 522 g/mol. The fourth-order valence-corrected chi connectivity index (χ4v) is 5.29. The molecule has 0 bridgehead atoms. The Labute approximate surface area is 188 Å². The van der Waals surface area contributed by atoms with Crippen LogP contribution in [0.25, 0.3) is 0 Å². The summed E-state index contributed by atoms with van der Waals surface area (Å²) in [6, 6.07) is 3.70. The maximum Gasteiger partial charge on any atom is 0.255 e. The van der Waals surface area contributed by atoms with Crippen molar-refractivity contribution in [2.24, 2.45) is 5.73 Å². The SMILES string of the molecule is COc1cc(C2C3=C(CCCC3=O)NC3=C2C(=O)CCC3)cc(I)c1OCC(N)=O. The number of hydrogen-bond donors (Lipinski definition) is 2. The van der Waals surface area contributed by atoms with Crippen LogP contribution in [0.15, 0.2) is 34.7 Å². The highest BCUT2D eigenvalue weighted by Gasteiger charge is 2.40. The highest BCUT2D eigenvalue weighted by molar-refractivity contribution is 14.1. The van der Waals surface area contributed by atoms with Gasteiger partial charge in [0.1, 0.15) is 0 Å².